The van der Waals surface area contributed by atoms with E-state index < -0.39 is 0 Å². The molecule has 1 fully saturated rings. The van der Waals surface area contributed by atoms with Gasteiger partial charge in [-0.05, 0) is 74.1 Å². The average Bonchev–Trinajstić information content (AvgIpc) is 3.55. The van der Waals surface area contributed by atoms with E-state index in [1.807, 2.05) is 27.8 Å². The molecule has 6 nitrogen and oxygen atoms in total. The highest BCUT2D eigenvalue weighted by atomic mass is 19.1. The number of amides is 1. The first-order valence-electron chi connectivity index (χ1n) is 11.0. The van der Waals surface area contributed by atoms with Crippen LogP contribution in [0.5, 0.6) is 11.5 Å². The maximum Gasteiger partial charge on any atom is 0.275 e. The monoisotopic (exact) mass is 435 g/mol. The number of carbonyl (C=O) groups is 1. The predicted octanol–water partition coefficient (Wildman–Crippen LogP) is 4.49. The summed E-state index contributed by atoms with van der Waals surface area (Å²) in [5, 5.41) is 4.72. The summed E-state index contributed by atoms with van der Waals surface area (Å²) >= 11 is 0. The van der Waals surface area contributed by atoms with Crippen LogP contribution in [0, 0.1) is 5.82 Å². The summed E-state index contributed by atoms with van der Waals surface area (Å²) < 4.78 is 26.1. The van der Waals surface area contributed by atoms with E-state index in [0.29, 0.717) is 23.7 Å². The summed E-state index contributed by atoms with van der Waals surface area (Å²) in [6.45, 7) is 0.691. The lowest BCUT2D eigenvalue weighted by Gasteiger charge is -2.25. The third kappa shape index (κ3) is 3.42. The number of carbonyl (C=O) groups excluding carboxylic acids is 1. The van der Waals surface area contributed by atoms with Crippen LogP contribution >= 0.6 is 0 Å². The number of rotatable bonds is 5. The molecule has 5 rings (SSSR count). The van der Waals surface area contributed by atoms with Crippen molar-refractivity contribution in [2.75, 3.05) is 20.8 Å². The Morgan fingerprint density at radius 3 is 2.56 bits per heavy atom. The summed E-state index contributed by atoms with van der Waals surface area (Å²) in [5.41, 5.74) is 4.41. The van der Waals surface area contributed by atoms with Crippen molar-refractivity contribution in [1.29, 1.82) is 0 Å². The van der Waals surface area contributed by atoms with Gasteiger partial charge in [-0.3, -0.25) is 4.79 Å². The third-order valence-corrected chi connectivity index (χ3v) is 6.51. The van der Waals surface area contributed by atoms with E-state index in [2.05, 4.69) is 0 Å². The van der Waals surface area contributed by atoms with Crippen LogP contribution in [0.2, 0.25) is 0 Å². The van der Waals surface area contributed by atoms with Gasteiger partial charge in [0.2, 0.25) is 0 Å². The number of hydrogen-bond acceptors (Lipinski definition) is 4. The summed E-state index contributed by atoms with van der Waals surface area (Å²) in [6, 6.07) is 12.1. The molecule has 0 bridgehead atoms. The van der Waals surface area contributed by atoms with Crippen molar-refractivity contribution < 1.29 is 18.7 Å². The lowest BCUT2D eigenvalue weighted by molar-refractivity contribution is 0.0728. The van der Waals surface area contributed by atoms with Crippen molar-refractivity contribution in [3.63, 3.8) is 0 Å². The fourth-order valence-electron chi connectivity index (χ4n) is 4.96. The van der Waals surface area contributed by atoms with E-state index in [0.717, 1.165) is 54.6 Å². The van der Waals surface area contributed by atoms with Crippen LogP contribution in [0.15, 0.2) is 42.5 Å². The highest BCUT2D eigenvalue weighted by Gasteiger charge is 2.35. The molecule has 1 aromatic heterocycles. The summed E-state index contributed by atoms with van der Waals surface area (Å²) in [6.07, 6.45) is 4.53. The standard InChI is InChI=1S/C25H26FN3O3/c1-31-22-13-8-16(15-23(22)32-2)20-7-4-14-28(20)25(30)24-19-5-3-6-21(19)29(27-24)18-11-9-17(26)10-12-18/h8-13,15,20H,3-7,14H2,1-2H3/t20-/m0/s1. The molecule has 0 saturated carbocycles. The largest absolute Gasteiger partial charge is 0.493 e. The van der Waals surface area contributed by atoms with Crippen LogP contribution in [0.25, 0.3) is 5.69 Å². The fraction of sp³-hybridized carbons (Fsp3) is 0.360. The number of benzene rings is 2. The molecular weight excluding hydrogens is 409 g/mol. The molecule has 2 heterocycles. The molecule has 1 atom stereocenters. The van der Waals surface area contributed by atoms with Gasteiger partial charge in [0.25, 0.3) is 5.91 Å². The molecule has 1 saturated heterocycles. The Hall–Kier alpha value is -3.35. The third-order valence-electron chi connectivity index (χ3n) is 6.51. The molecule has 7 heteroatoms. The van der Waals surface area contributed by atoms with E-state index in [1.165, 1.54) is 12.1 Å². The second-order valence-electron chi connectivity index (χ2n) is 8.29. The van der Waals surface area contributed by atoms with Crippen LogP contribution in [0.3, 0.4) is 0 Å². The minimum absolute atomic E-state index is 0.0321. The van der Waals surface area contributed by atoms with E-state index in [-0.39, 0.29) is 17.8 Å². The Morgan fingerprint density at radius 2 is 1.81 bits per heavy atom. The maximum absolute atomic E-state index is 13.7. The van der Waals surface area contributed by atoms with Crippen molar-refractivity contribution in [2.45, 2.75) is 38.1 Å². The highest BCUT2D eigenvalue weighted by Crippen LogP contribution is 2.38. The molecule has 0 unspecified atom stereocenters. The normalized spacial score (nSPS) is 17.5. The number of likely N-dealkylation sites (tertiary alicyclic amines) is 1. The van der Waals surface area contributed by atoms with Crippen LogP contribution in [0.4, 0.5) is 4.39 Å². The summed E-state index contributed by atoms with van der Waals surface area (Å²) in [4.78, 5) is 15.6. The van der Waals surface area contributed by atoms with Crippen LogP contribution in [-0.2, 0) is 12.8 Å². The van der Waals surface area contributed by atoms with Gasteiger partial charge in [-0.25, -0.2) is 9.07 Å². The summed E-state index contributed by atoms with van der Waals surface area (Å²) in [5.74, 6) is 0.999. The van der Waals surface area contributed by atoms with Crippen LogP contribution < -0.4 is 9.47 Å². The molecule has 1 aliphatic heterocycles. The molecule has 1 amide bonds. The zero-order valence-corrected chi connectivity index (χ0v) is 18.3. The second-order valence-corrected chi connectivity index (χ2v) is 8.29. The highest BCUT2D eigenvalue weighted by molar-refractivity contribution is 5.95. The van der Waals surface area contributed by atoms with Gasteiger partial charge in [0.05, 0.1) is 25.9 Å². The number of ether oxygens (including phenoxy) is 2. The van der Waals surface area contributed by atoms with E-state index >= 15 is 0 Å². The van der Waals surface area contributed by atoms with Crippen molar-refractivity contribution in [3.8, 4) is 17.2 Å². The first kappa shape index (κ1) is 20.5. The molecular formula is C25H26FN3O3. The van der Waals surface area contributed by atoms with Crippen molar-refractivity contribution in [1.82, 2.24) is 14.7 Å². The van der Waals surface area contributed by atoms with Gasteiger partial charge in [0, 0.05) is 17.8 Å². The molecule has 32 heavy (non-hydrogen) atoms. The van der Waals surface area contributed by atoms with Gasteiger partial charge in [-0.2, -0.15) is 5.10 Å². The Kier molecular flexibility index (Phi) is 5.33. The smallest absolute Gasteiger partial charge is 0.275 e. The number of nitrogens with zero attached hydrogens (tertiary/aromatic N) is 3. The van der Waals surface area contributed by atoms with Crippen molar-refractivity contribution in [2.24, 2.45) is 0 Å². The van der Waals surface area contributed by atoms with Gasteiger partial charge in [0.15, 0.2) is 17.2 Å². The number of methoxy groups -OCH3 is 2. The quantitative estimate of drug-likeness (QED) is 0.592. The second kappa shape index (κ2) is 8.30. The van der Waals surface area contributed by atoms with Crippen LogP contribution in [-0.4, -0.2) is 41.4 Å². The topological polar surface area (TPSA) is 56.6 Å². The number of aromatic nitrogens is 2. The average molecular weight is 435 g/mol. The molecule has 1 aliphatic carbocycles. The van der Waals surface area contributed by atoms with E-state index in [9.17, 15) is 9.18 Å². The molecule has 0 spiro atoms. The Morgan fingerprint density at radius 1 is 1.03 bits per heavy atom. The zero-order valence-electron chi connectivity index (χ0n) is 18.3. The zero-order chi connectivity index (χ0) is 22.2. The first-order chi connectivity index (χ1) is 15.6. The minimum atomic E-state index is -0.288. The van der Waals surface area contributed by atoms with Gasteiger partial charge in [-0.1, -0.05) is 6.07 Å². The minimum Gasteiger partial charge on any atom is -0.493 e. The van der Waals surface area contributed by atoms with Gasteiger partial charge in [0.1, 0.15) is 5.82 Å². The van der Waals surface area contributed by atoms with E-state index in [1.54, 1.807) is 26.4 Å². The molecule has 0 N–H and O–H groups in total. The first-order valence-corrected chi connectivity index (χ1v) is 11.0. The fourth-order valence-corrected chi connectivity index (χ4v) is 4.96. The van der Waals surface area contributed by atoms with E-state index in [4.69, 9.17) is 14.6 Å². The SMILES string of the molecule is COc1ccc([C@@H]2CCCN2C(=O)c2nn(-c3ccc(F)cc3)c3c2CCC3)cc1OC. The lowest BCUT2D eigenvalue weighted by Crippen LogP contribution is -2.31. The molecule has 2 aromatic carbocycles. The van der Waals surface area contributed by atoms with Gasteiger partial charge >= 0.3 is 0 Å². The predicted molar refractivity (Wildman–Crippen MR) is 118 cm³/mol. The number of fused-ring (bicyclic) bond motifs is 1. The van der Waals surface area contributed by atoms with Gasteiger partial charge in [-0.15, -0.1) is 0 Å². The molecule has 0 radical (unpaired) electrons. The summed E-state index contributed by atoms with van der Waals surface area (Å²) in [7, 11) is 3.23. The molecule has 3 aromatic rings. The van der Waals surface area contributed by atoms with Crippen LogP contribution in [0.1, 0.15) is 52.6 Å². The molecule has 166 valence electrons. The molecule has 2 aliphatic rings. The van der Waals surface area contributed by atoms with Crippen molar-refractivity contribution in [3.05, 3.63) is 70.8 Å². The Labute approximate surface area is 186 Å². The maximum atomic E-state index is 13.7. The lowest BCUT2D eigenvalue weighted by atomic mass is 10.0. The van der Waals surface area contributed by atoms with Crippen molar-refractivity contribution >= 4 is 5.91 Å². The number of hydrogen-bond donors (Lipinski definition) is 0. The number of halogens is 1. The van der Waals surface area contributed by atoms with Gasteiger partial charge < -0.3 is 14.4 Å². The Balaban J connectivity index is 1.49. The Bertz CT molecular complexity index is 1160.